The molecule has 1 aromatic carbocycles. The summed E-state index contributed by atoms with van der Waals surface area (Å²) in [7, 11) is 0. The van der Waals surface area contributed by atoms with Crippen molar-refractivity contribution in [2.45, 2.75) is 32.1 Å². The van der Waals surface area contributed by atoms with E-state index in [1.807, 2.05) is 13.0 Å². The third kappa shape index (κ3) is 2.35. The molecule has 1 heterocycles. The molecule has 19 heavy (non-hydrogen) atoms. The standard InChI is InChI=1S/C15H16FNO2/c1-8-4-10-5-13(16)12(6-14(10)17-8)11(7-15(18)19)9-2-3-9/h4-6,9,11,17H,2-3,7H2,1H3,(H,18,19). The first-order valence-electron chi connectivity index (χ1n) is 6.55. The van der Waals surface area contributed by atoms with E-state index in [0.717, 1.165) is 29.4 Å². The number of aliphatic carboxylic acids is 1. The van der Waals surface area contributed by atoms with Gasteiger partial charge in [-0.1, -0.05) is 0 Å². The summed E-state index contributed by atoms with van der Waals surface area (Å²) in [4.78, 5) is 14.1. The van der Waals surface area contributed by atoms with Gasteiger partial charge in [0.25, 0.3) is 0 Å². The van der Waals surface area contributed by atoms with Crippen LogP contribution < -0.4 is 0 Å². The number of aryl methyl sites for hydroxylation is 1. The van der Waals surface area contributed by atoms with E-state index in [9.17, 15) is 9.18 Å². The van der Waals surface area contributed by atoms with Crippen LogP contribution in [0.3, 0.4) is 0 Å². The second kappa shape index (κ2) is 4.37. The molecule has 1 saturated carbocycles. The minimum atomic E-state index is -0.862. The van der Waals surface area contributed by atoms with E-state index < -0.39 is 5.97 Å². The maximum Gasteiger partial charge on any atom is 0.303 e. The van der Waals surface area contributed by atoms with Crippen LogP contribution in [0.4, 0.5) is 4.39 Å². The quantitative estimate of drug-likeness (QED) is 0.883. The van der Waals surface area contributed by atoms with Crippen LogP contribution in [-0.2, 0) is 4.79 Å². The average Bonchev–Trinajstić information content (AvgIpc) is 3.08. The van der Waals surface area contributed by atoms with Gasteiger partial charge in [0.1, 0.15) is 5.82 Å². The highest BCUT2D eigenvalue weighted by atomic mass is 19.1. The first kappa shape index (κ1) is 12.2. The Morgan fingerprint density at radius 2 is 2.21 bits per heavy atom. The number of hydrogen-bond donors (Lipinski definition) is 2. The second-order valence-corrected chi connectivity index (χ2v) is 5.46. The van der Waals surface area contributed by atoms with Gasteiger partial charge in [0.15, 0.2) is 0 Å². The Morgan fingerprint density at radius 1 is 1.47 bits per heavy atom. The minimum absolute atomic E-state index is 0.00673. The van der Waals surface area contributed by atoms with Gasteiger partial charge in [-0.3, -0.25) is 4.79 Å². The zero-order chi connectivity index (χ0) is 13.6. The molecule has 3 rings (SSSR count). The number of aromatic nitrogens is 1. The second-order valence-electron chi connectivity index (χ2n) is 5.46. The molecule has 0 radical (unpaired) electrons. The fraction of sp³-hybridized carbons (Fsp3) is 0.400. The van der Waals surface area contributed by atoms with Crippen molar-refractivity contribution in [1.82, 2.24) is 4.98 Å². The molecule has 1 aromatic heterocycles. The summed E-state index contributed by atoms with van der Waals surface area (Å²) in [6.07, 6.45) is 2.01. The molecule has 2 aromatic rings. The monoisotopic (exact) mass is 261 g/mol. The lowest BCUT2D eigenvalue weighted by Crippen LogP contribution is -2.10. The van der Waals surface area contributed by atoms with Crippen molar-refractivity contribution >= 4 is 16.9 Å². The average molecular weight is 261 g/mol. The van der Waals surface area contributed by atoms with Gasteiger partial charge in [-0.25, -0.2) is 4.39 Å². The van der Waals surface area contributed by atoms with Crippen molar-refractivity contribution in [2.75, 3.05) is 0 Å². The highest BCUT2D eigenvalue weighted by Crippen LogP contribution is 2.45. The van der Waals surface area contributed by atoms with E-state index >= 15 is 0 Å². The summed E-state index contributed by atoms with van der Waals surface area (Å²) in [5.74, 6) is -1.03. The summed E-state index contributed by atoms with van der Waals surface area (Å²) in [6.45, 7) is 1.92. The zero-order valence-electron chi connectivity index (χ0n) is 10.7. The van der Waals surface area contributed by atoms with Gasteiger partial charge >= 0.3 is 5.97 Å². The zero-order valence-corrected chi connectivity index (χ0v) is 10.7. The fourth-order valence-corrected chi connectivity index (χ4v) is 2.82. The Kier molecular flexibility index (Phi) is 2.81. The van der Waals surface area contributed by atoms with E-state index in [1.165, 1.54) is 6.07 Å². The first-order chi connectivity index (χ1) is 9.04. The Bertz CT molecular complexity index is 643. The number of aromatic amines is 1. The van der Waals surface area contributed by atoms with Crippen LogP contribution in [0.5, 0.6) is 0 Å². The van der Waals surface area contributed by atoms with Crippen molar-refractivity contribution in [3.63, 3.8) is 0 Å². The predicted octanol–water partition coefficient (Wildman–Crippen LogP) is 3.58. The Hall–Kier alpha value is -1.84. The highest BCUT2D eigenvalue weighted by Gasteiger charge is 2.35. The van der Waals surface area contributed by atoms with E-state index in [0.29, 0.717) is 11.5 Å². The number of hydrogen-bond acceptors (Lipinski definition) is 1. The molecule has 2 N–H and O–H groups in total. The lowest BCUT2D eigenvalue weighted by atomic mass is 9.90. The van der Waals surface area contributed by atoms with Crippen molar-refractivity contribution in [2.24, 2.45) is 5.92 Å². The van der Waals surface area contributed by atoms with Gasteiger partial charge < -0.3 is 10.1 Å². The number of carboxylic acids is 1. The van der Waals surface area contributed by atoms with Gasteiger partial charge in [0.2, 0.25) is 0 Å². The van der Waals surface area contributed by atoms with Crippen LogP contribution in [0.2, 0.25) is 0 Å². The highest BCUT2D eigenvalue weighted by molar-refractivity contribution is 5.81. The van der Waals surface area contributed by atoms with E-state index in [2.05, 4.69) is 4.98 Å². The number of H-pyrrole nitrogens is 1. The molecule has 0 aliphatic heterocycles. The van der Waals surface area contributed by atoms with Crippen molar-refractivity contribution in [3.05, 3.63) is 35.3 Å². The maximum absolute atomic E-state index is 14.2. The summed E-state index contributed by atoms with van der Waals surface area (Å²) < 4.78 is 14.2. The molecule has 1 fully saturated rings. The van der Waals surface area contributed by atoms with Gasteiger partial charge in [-0.05, 0) is 49.4 Å². The molecule has 1 atom stereocenters. The number of rotatable bonds is 4. The molecule has 0 spiro atoms. The molecule has 0 amide bonds. The van der Waals surface area contributed by atoms with Crippen LogP contribution in [0, 0.1) is 18.7 Å². The van der Waals surface area contributed by atoms with Gasteiger partial charge in [-0.2, -0.15) is 0 Å². The summed E-state index contributed by atoms with van der Waals surface area (Å²) in [5.41, 5.74) is 2.40. The topological polar surface area (TPSA) is 53.1 Å². The normalized spacial score (nSPS) is 16.7. The van der Waals surface area contributed by atoms with E-state index in [1.54, 1.807) is 6.07 Å². The molecule has 0 saturated heterocycles. The van der Waals surface area contributed by atoms with Gasteiger partial charge in [0, 0.05) is 22.5 Å². The molecule has 1 unspecified atom stereocenters. The fourth-order valence-electron chi connectivity index (χ4n) is 2.82. The van der Waals surface area contributed by atoms with E-state index in [-0.39, 0.29) is 18.2 Å². The van der Waals surface area contributed by atoms with Crippen LogP contribution in [0.1, 0.15) is 36.4 Å². The van der Waals surface area contributed by atoms with Crippen LogP contribution in [-0.4, -0.2) is 16.1 Å². The van der Waals surface area contributed by atoms with Crippen LogP contribution in [0.25, 0.3) is 10.9 Å². The van der Waals surface area contributed by atoms with Crippen molar-refractivity contribution in [3.8, 4) is 0 Å². The molecule has 3 nitrogen and oxygen atoms in total. The largest absolute Gasteiger partial charge is 0.481 e. The number of halogens is 1. The summed E-state index contributed by atoms with van der Waals surface area (Å²) >= 11 is 0. The summed E-state index contributed by atoms with van der Waals surface area (Å²) in [5, 5.41) is 9.84. The number of benzene rings is 1. The molecule has 4 heteroatoms. The minimum Gasteiger partial charge on any atom is -0.481 e. The molecular weight excluding hydrogens is 245 g/mol. The predicted molar refractivity (Wildman–Crippen MR) is 70.7 cm³/mol. The number of nitrogens with one attached hydrogen (secondary N) is 1. The maximum atomic E-state index is 14.2. The van der Waals surface area contributed by atoms with Crippen molar-refractivity contribution in [1.29, 1.82) is 0 Å². The van der Waals surface area contributed by atoms with Crippen LogP contribution >= 0.6 is 0 Å². The van der Waals surface area contributed by atoms with Crippen molar-refractivity contribution < 1.29 is 14.3 Å². The third-order valence-electron chi connectivity index (χ3n) is 3.86. The Balaban J connectivity index is 2.05. The molecule has 1 aliphatic rings. The van der Waals surface area contributed by atoms with Gasteiger partial charge in [0.05, 0.1) is 6.42 Å². The summed E-state index contributed by atoms with van der Waals surface area (Å²) in [6, 6.07) is 5.18. The molecule has 0 bridgehead atoms. The lowest BCUT2D eigenvalue weighted by molar-refractivity contribution is -0.137. The number of carboxylic acid groups (broad SMARTS) is 1. The molecule has 100 valence electrons. The SMILES string of the molecule is Cc1cc2cc(F)c(C(CC(=O)O)C3CC3)cc2[nH]1. The lowest BCUT2D eigenvalue weighted by Gasteiger charge is -2.15. The van der Waals surface area contributed by atoms with E-state index in [4.69, 9.17) is 5.11 Å². The first-order valence-corrected chi connectivity index (χ1v) is 6.55. The third-order valence-corrected chi connectivity index (χ3v) is 3.86. The van der Waals surface area contributed by atoms with Gasteiger partial charge in [-0.15, -0.1) is 0 Å². The molecular formula is C15H16FNO2. The molecule has 1 aliphatic carbocycles. The smallest absolute Gasteiger partial charge is 0.303 e. The Labute approximate surface area is 110 Å². The number of carbonyl (C=O) groups is 1. The number of fused-ring (bicyclic) bond motifs is 1. The van der Waals surface area contributed by atoms with Crippen LogP contribution in [0.15, 0.2) is 18.2 Å². The Morgan fingerprint density at radius 3 is 2.84 bits per heavy atom.